The van der Waals surface area contributed by atoms with Crippen LogP contribution in [0.2, 0.25) is 0 Å². The van der Waals surface area contributed by atoms with Gasteiger partial charge in [0.2, 0.25) is 0 Å². The summed E-state index contributed by atoms with van der Waals surface area (Å²) in [6.45, 7) is 0. The number of carbonyl (C=O) groups excluding carboxylic acids is 1. The molecule has 1 heterocycles. The molecule has 0 unspecified atom stereocenters. The normalized spacial score (nSPS) is 10.4. The first-order valence-electron chi connectivity index (χ1n) is 6.19. The van der Waals surface area contributed by atoms with E-state index >= 15 is 0 Å². The van der Waals surface area contributed by atoms with Crippen LogP contribution in [0.25, 0.3) is 11.0 Å². The molecule has 0 spiro atoms. The molecule has 1 amide bonds. The van der Waals surface area contributed by atoms with Crippen LogP contribution in [0.5, 0.6) is 5.75 Å². The summed E-state index contributed by atoms with van der Waals surface area (Å²) in [5.74, 6) is 0.567. The quantitative estimate of drug-likeness (QED) is 0.787. The van der Waals surface area contributed by atoms with E-state index in [1.807, 2.05) is 24.3 Å². The Morgan fingerprint density at radius 1 is 1.10 bits per heavy atom. The molecule has 2 aromatic carbocycles. The molecule has 100 valence electrons. The van der Waals surface area contributed by atoms with E-state index in [0.29, 0.717) is 5.56 Å². The van der Waals surface area contributed by atoms with Gasteiger partial charge in [0.05, 0.1) is 13.4 Å². The molecule has 0 saturated heterocycles. The zero-order valence-corrected chi connectivity index (χ0v) is 10.9. The maximum absolute atomic E-state index is 12.1. The number of anilines is 1. The van der Waals surface area contributed by atoms with Crippen LogP contribution in [0.3, 0.4) is 0 Å². The predicted octanol–water partition coefficient (Wildman–Crippen LogP) is 3.69. The number of hydrogen-bond donors (Lipinski definition) is 1. The van der Waals surface area contributed by atoms with E-state index in [9.17, 15) is 4.79 Å². The number of benzene rings is 2. The van der Waals surface area contributed by atoms with Crippen LogP contribution >= 0.6 is 0 Å². The second-order valence-electron chi connectivity index (χ2n) is 4.36. The summed E-state index contributed by atoms with van der Waals surface area (Å²) >= 11 is 0. The minimum absolute atomic E-state index is 0.157. The lowest BCUT2D eigenvalue weighted by atomic mass is 10.2. The first kappa shape index (κ1) is 12.3. The number of ether oxygens (including phenoxy) is 1. The van der Waals surface area contributed by atoms with Gasteiger partial charge in [-0.1, -0.05) is 0 Å². The highest BCUT2D eigenvalue weighted by Gasteiger charge is 2.07. The van der Waals surface area contributed by atoms with Gasteiger partial charge in [-0.15, -0.1) is 0 Å². The summed E-state index contributed by atoms with van der Waals surface area (Å²) in [7, 11) is 1.59. The Balaban J connectivity index is 1.80. The standard InChI is InChI=1S/C16H13NO3/c1-19-14-5-2-11(3-6-14)16(18)17-13-4-7-15-12(10-13)8-9-20-15/h2-10H,1H3,(H,17,18). The van der Waals surface area contributed by atoms with Crippen molar-refractivity contribution < 1.29 is 13.9 Å². The Kier molecular flexibility index (Phi) is 3.13. The maximum Gasteiger partial charge on any atom is 0.255 e. The van der Waals surface area contributed by atoms with Crippen LogP contribution in [0.4, 0.5) is 5.69 Å². The van der Waals surface area contributed by atoms with Crippen molar-refractivity contribution in [2.45, 2.75) is 0 Å². The van der Waals surface area contributed by atoms with Gasteiger partial charge >= 0.3 is 0 Å². The van der Waals surface area contributed by atoms with Gasteiger partial charge in [-0.05, 0) is 48.5 Å². The molecule has 20 heavy (non-hydrogen) atoms. The number of nitrogens with one attached hydrogen (secondary N) is 1. The molecule has 0 aliphatic rings. The number of amides is 1. The minimum Gasteiger partial charge on any atom is -0.497 e. The topological polar surface area (TPSA) is 51.5 Å². The lowest BCUT2D eigenvalue weighted by Crippen LogP contribution is -2.11. The number of methoxy groups -OCH3 is 1. The fourth-order valence-electron chi connectivity index (χ4n) is 1.99. The van der Waals surface area contributed by atoms with Gasteiger partial charge in [0.25, 0.3) is 5.91 Å². The minimum atomic E-state index is -0.157. The van der Waals surface area contributed by atoms with E-state index in [2.05, 4.69) is 5.32 Å². The molecular weight excluding hydrogens is 254 g/mol. The lowest BCUT2D eigenvalue weighted by Gasteiger charge is -2.06. The van der Waals surface area contributed by atoms with Gasteiger partial charge in [-0.2, -0.15) is 0 Å². The lowest BCUT2D eigenvalue weighted by molar-refractivity contribution is 0.102. The third kappa shape index (κ3) is 2.36. The van der Waals surface area contributed by atoms with Gasteiger partial charge in [0.1, 0.15) is 11.3 Å². The molecule has 0 aliphatic heterocycles. The van der Waals surface area contributed by atoms with Crippen molar-refractivity contribution in [1.29, 1.82) is 0 Å². The van der Waals surface area contributed by atoms with Crippen molar-refractivity contribution in [3.05, 3.63) is 60.4 Å². The number of hydrogen-bond acceptors (Lipinski definition) is 3. The molecule has 0 radical (unpaired) electrons. The SMILES string of the molecule is COc1ccc(C(=O)Nc2ccc3occc3c2)cc1. The van der Waals surface area contributed by atoms with Crippen molar-refractivity contribution in [3.63, 3.8) is 0 Å². The van der Waals surface area contributed by atoms with Crippen LogP contribution < -0.4 is 10.1 Å². The van der Waals surface area contributed by atoms with Crippen molar-refractivity contribution in [2.75, 3.05) is 12.4 Å². The summed E-state index contributed by atoms with van der Waals surface area (Å²) in [6, 6.07) is 14.3. The highest BCUT2D eigenvalue weighted by Crippen LogP contribution is 2.20. The molecule has 3 aromatic rings. The van der Waals surface area contributed by atoms with Crippen molar-refractivity contribution in [2.24, 2.45) is 0 Å². The largest absolute Gasteiger partial charge is 0.497 e. The molecule has 4 nitrogen and oxygen atoms in total. The maximum atomic E-state index is 12.1. The Morgan fingerprint density at radius 3 is 2.65 bits per heavy atom. The van der Waals surface area contributed by atoms with Crippen LogP contribution in [0.1, 0.15) is 10.4 Å². The smallest absolute Gasteiger partial charge is 0.255 e. The number of furan rings is 1. The van der Waals surface area contributed by atoms with Gasteiger partial charge in [-0.25, -0.2) is 0 Å². The molecule has 1 aromatic heterocycles. The van der Waals surface area contributed by atoms with Crippen molar-refractivity contribution >= 4 is 22.6 Å². The molecule has 0 aliphatic carbocycles. The van der Waals surface area contributed by atoms with Gasteiger partial charge in [0, 0.05) is 16.6 Å². The first-order valence-corrected chi connectivity index (χ1v) is 6.19. The summed E-state index contributed by atoms with van der Waals surface area (Å²) in [4.78, 5) is 12.1. The zero-order valence-electron chi connectivity index (χ0n) is 10.9. The molecular formula is C16H13NO3. The number of rotatable bonds is 3. The number of carbonyl (C=O) groups is 1. The second kappa shape index (κ2) is 5.09. The van der Waals surface area contributed by atoms with E-state index in [-0.39, 0.29) is 5.91 Å². The monoisotopic (exact) mass is 267 g/mol. The van der Waals surface area contributed by atoms with Crippen molar-refractivity contribution in [1.82, 2.24) is 0 Å². The fourth-order valence-corrected chi connectivity index (χ4v) is 1.99. The van der Waals surface area contributed by atoms with Crippen LogP contribution in [0.15, 0.2) is 59.2 Å². The van der Waals surface area contributed by atoms with Crippen LogP contribution in [-0.4, -0.2) is 13.0 Å². The Morgan fingerprint density at radius 2 is 1.90 bits per heavy atom. The summed E-state index contributed by atoms with van der Waals surface area (Å²) in [6.07, 6.45) is 1.62. The van der Waals surface area contributed by atoms with E-state index in [0.717, 1.165) is 22.4 Å². The molecule has 0 bridgehead atoms. The van der Waals surface area contributed by atoms with Gasteiger partial charge in [0.15, 0.2) is 0 Å². The average molecular weight is 267 g/mol. The van der Waals surface area contributed by atoms with Crippen LogP contribution in [0, 0.1) is 0 Å². The van der Waals surface area contributed by atoms with E-state index in [4.69, 9.17) is 9.15 Å². The Bertz CT molecular complexity index is 744. The summed E-state index contributed by atoms with van der Waals surface area (Å²) < 4.78 is 10.3. The van der Waals surface area contributed by atoms with Gasteiger partial charge < -0.3 is 14.5 Å². The summed E-state index contributed by atoms with van der Waals surface area (Å²) in [5, 5.41) is 3.81. The molecule has 1 N–H and O–H groups in total. The number of fused-ring (bicyclic) bond motifs is 1. The second-order valence-corrected chi connectivity index (χ2v) is 4.36. The molecule has 3 rings (SSSR count). The highest BCUT2D eigenvalue weighted by atomic mass is 16.5. The molecule has 4 heteroatoms. The molecule has 0 fully saturated rings. The van der Waals surface area contributed by atoms with E-state index < -0.39 is 0 Å². The first-order chi connectivity index (χ1) is 9.76. The summed E-state index contributed by atoms with van der Waals surface area (Å²) in [5.41, 5.74) is 2.12. The zero-order chi connectivity index (χ0) is 13.9. The molecule has 0 saturated carbocycles. The highest BCUT2D eigenvalue weighted by molar-refractivity contribution is 6.05. The molecule has 0 atom stereocenters. The van der Waals surface area contributed by atoms with Crippen LogP contribution in [-0.2, 0) is 0 Å². The van der Waals surface area contributed by atoms with E-state index in [1.165, 1.54) is 0 Å². The van der Waals surface area contributed by atoms with Gasteiger partial charge in [-0.3, -0.25) is 4.79 Å². The Hall–Kier alpha value is -2.75. The average Bonchev–Trinajstić information content (AvgIpc) is 2.95. The Labute approximate surface area is 116 Å². The predicted molar refractivity (Wildman–Crippen MR) is 77.2 cm³/mol. The third-order valence-electron chi connectivity index (χ3n) is 3.06. The van der Waals surface area contributed by atoms with Crippen molar-refractivity contribution in [3.8, 4) is 5.75 Å². The third-order valence-corrected chi connectivity index (χ3v) is 3.06. The fraction of sp³-hybridized carbons (Fsp3) is 0.0625. The van der Waals surface area contributed by atoms with E-state index in [1.54, 1.807) is 37.6 Å².